The molecule has 0 atom stereocenters. The number of aromatic nitrogens is 2. The molecule has 0 amide bonds. The molecule has 8 aromatic carbocycles. The standard InChI is InChI=1S/C50H33N3O/c1-4-14-34(15-5-1)35-24-26-37(27-25-35)49-42-20-10-12-22-45(42)51-50(52-49)44-32-38(33-47-48(44)43-21-11-13-23-46(43)54-47)36-28-30-41(31-29-36)53(39-16-6-2-7-17-39)40-18-8-3-9-19-40/h1-33H. The van der Waals surface area contributed by atoms with E-state index in [0.717, 1.165) is 77.9 Å². The predicted octanol–water partition coefficient (Wildman–Crippen LogP) is 13.7. The highest BCUT2D eigenvalue weighted by Crippen LogP contribution is 2.42. The first-order valence-corrected chi connectivity index (χ1v) is 18.2. The van der Waals surface area contributed by atoms with Gasteiger partial charge in [0.25, 0.3) is 0 Å². The molecule has 0 aliphatic carbocycles. The van der Waals surface area contributed by atoms with Crippen molar-refractivity contribution in [3.8, 4) is 44.9 Å². The molecule has 2 aromatic heterocycles. The van der Waals surface area contributed by atoms with Crippen LogP contribution in [0.15, 0.2) is 205 Å². The maximum Gasteiger partial charge on any atom is 0.161 e. The minimum absolute atomic E-state index is 0.658. The highest BCUT2D eigenvalue weighted by molar-refractivity contribution is 6.13. The van der Waals surface area contributed by atoms with Gasteiger partial charge < -0.3 is 9.32 Å². The van der Waals surface area contributed by atoms with Gasteiger partial charge in [-0.05, 0) is 82.9 Å². The lowest BCUT2D eigenvalue weighted by atomic mass is 9.97. The molecule has 0 aliphatic heterocycles. The van der Waals surface area contributed by atoms with E-state index in [0.29, 0.717) is 5.82 Å². The van der Waals surface area contributed by atoms with E-state index in [1.807, 2.05) is 36.4 Å². The van der Waals surface area contributed by atoms with E-state index >= 15 is 0 Å². The molecule has 254 valence electrons. The molecule has 0 unspecified atom stereocenters. The highest BCUT2D eigenvalue weighted by atomic mass is 16.3. The number of hydrogen-bond donors (Lipinski definition) is 0. The molecule has 0 radical (unpaired) electrons. The molecule has 54 heavy (non-hydrogen) atoms. The van der Waals surface area contributed by atoms with Gasteiger partial charge in [-0.15, -0.1) is 0 Å². The van der Waals surface area contributed by atoms with Gasteiger partial charge in [0.2, 0.25) is 0 Å². The lowest BCUT2D eigenvalue weighted by Crippen LogP contribution is -2.09. The van der Waals surface area contributed by atoms with Crippen molar-refractivity contribution in [1.82, 2.24) is 9.97 Å². The second-order valence-corrected chi connectivity index (χ2v) is 13.4. The van der Waals surface area contributed by atoms with E-state index in [4.69, 9.17) is 14.4 Å². The molecule has 10 rings (SSSR count). The Kier molecular flexibility index (Phi) is 7.77. The molecule has 0 saturated heterocycles. The normalized spacial score (nSPS) is 11.3. The van der Waals surface area contributed by atoms with Crippen LogP contribution in [-0.2, 0) is 0 Å². The summed E-state index contributed by atoms with van der Waals surface area (Å²) in [4.78, 5) is 12.8. The number of nitrogens with zero attached hydrogens (tertiary/aromatic N) is 3. The second-order valence-electron chi connectivity index (χ2n) is 13.4. The molecule has 0 fully saturated rings. The van der Waals surface area contributed by atoms with Gasteiger partial charge in [0.1, 0.15) is 11.2 Å². The molecule has 2 heterocycles. The van der Waals surface area contributed by atoms with Crippen molar-refractivity contribution >= 4 is 49.9 Å². The Morgan fingerprint density at radius 1 is 0.370 bits per heavy atom. The minimum atomic E-state index is 0.658. The fourth-order valence-electron chi connectivity index (χ4n) is 7.47. The third-order valence-corrected chi connectivity index (χ3v) is 10.1. The van der Waals surface area contributed by atoms with Crippen LogP contribution in [0.1, 0.15) is 0 Å². The van der Waals surface area contributed by atoms with Gasteiger partial charge >= 0.3 is 0 Å². The molecular weight excluding hydrogens is 659 g/mol. The van der Waals surface area contributed by atoms with Crippen LogP contribution < -0.4 is 4.90 Å². The van der Waals surface area contributed by atoms with E-state index in [1.54, 1.807) is 0 Å². The van der Waals surface area contributed by atoms with Crippen LogP contribution in [0.4, 0.5) is 17.1 Å². The molecule has 0 spiro atoms. The number of hydrogen-bond acceptors (Lipinski definition) is 4. The van der Waals surface area contributed by atoms with Crippen LogP contribution in [0.3, 0.4) is 0 Å². The molecule has 0 bridgehead atoms. The Bertz CT molecular complexity index is 2860. The third-order valence-electron chi connectivity index (χ3n) is 10.1. The summed E-state index contributed by atoms with van der Waals surface area (Å²) in [6.45, 7) is 0. The van der Waals surface area contributed by atoms with Gasteiger partial charge in [-0.25, -0.2) is 9.97 Å². The quantitative estimate of drug-likeness (QED) is 0.167. The van der Waals surface area contributed by atoms with Crippen LogP contribution in [0.2, 0.25) is 0 Å². The van der Waals surface area contributed by atoms with E-state index < -0.39 is 0 Å². The molecule has 10 aromatic rings. The smallest absolute Gasteiger partial charge is 0.161 e. The number of furan rings is 1. The van der Waals surface area contributed by atoms with Crippen molar-refractivity contribution in [1.29, 1.82) is 0 Å². The maximum atomic E-state index is 6.55. The first-order valence-electron chi connectivity index (χ1n) is 18.2. The van der Waals surface area contributed by atoms with E-state index in [2.05, 4.69) is 169 Å². The van der Waals surface area contributed by atoms with Gasteiger partial charge in [-0.3, -0.25) is 0 Å². The summed E-state index contributed by atoms with van der Waals surface area (Å²) in [6.07, 6.45) is 0. The van der Waals surface area contributed by atoms with Crippen LogP contribution in [0.25, 0.3) is 77.7 Å². The SMILES string of the molecule is c1ccc(-c2ccc(-c3nc(-c4cc(-c5ccc(N(c6ccccc6)c6ccccc6)cc5)cc5oc6ccccc6c45)nc4ccccc34)cc2)cc1. The van der Waals surface area contributed by atoms with Gasteiger partial charge in [0, 0.05) is 44.3 Å². The summed E-state index contributed by atoms with van der Waals surface area (Å²) >= 11 is 0. The fraction of sp³-hybridized carbons (Fsp3) is 0. The van der Waals surface area contributed by atoms with Crippen molar-refractivity contribution in [2.75, 3.05) is 4.90 Å². The van der Waals surface area contributed by atoms with Crippen LogP contribution in [0.5, 0.6) is 0 Å². The monoisotopic (exact) mass is 691 g/mol. The maximum absolute atomic E-state index is 6.55. The summed E-state index contributed by atoms with van der Waals surface area (Å²) in [5.74, 6) is 0.658. The minimum Gasteiger partial charge on any atom is -0.456 e. The second kappa shape index (κ2) is 13.4. The lowest BCUT2D eigenvalue weighted by molar-refractivity contribution is 0.669. The molecule has 0 aliphatic rings. The Balaban J connectivity index is 1.13. The first-order chi connectivity index (χ1) is 26.8. The molecule has 0 saturated carbocycles. The zero-order valence-corrected chi connectivity index (χ0v) is 29.3. The van der Waals surface area contributed by atoms with Gasteiger partial charge in [0.05, 0.1) is 11.2 Å². The lowest BCUT2D eigenvalue weighted by Gasteiger charge is -2.25. The molecular formula is C50H33N3O. The van der Waals surface area contributed by atoms with E-state index in [-0.39, 0.29) is 0 Å². The Morgan fingerprint density at radius 3 is 1.59 bits per heavy atom. The summed E-state index contributed by atoms with van der Waals surface area (Å²) in [5.41, 5.74) is 13.1. The van der Waals surface area contributed by atoms with Crippen molar-refractivity contribution in [2.24, 2.45) is 0 Å². The summed E-state index contributed by atoms with van der Waals surface area (Å²) < 4.78 is 6.55. The van der Waals surface area contributed by atoms with Crippen molar-refractivity contribution < 1.29 is 4.42 Å². The van der Waals surface area contributed by atoms with Gasteiger partial charge in [-0.1, -0.05) is 140 Å². The Labute approximate surface area is 313 Å². The van der Waals surface area contributed by atoms with Crippen molar-refractivity contribution in [3.63, 3.8) is 0 Å². The summed E-state index contributed by atoms with van der Waals surface area (Å²) in [5, 5.41) is 3.05. The Hall–Kier alpha value is -7.30. The largest absolute Gasteiger partial charge is 0.456 e. The fourth-order valence-corrected chi connectivity index (χ4v) is 7.47. The Morgan fingerprint density at radius 2 is 0.889 bits per heavy atom. The van der Waals surface area contributed by atoms with Crippen LogP contribution in [-0.4, -0.2) is 9.97 Å². The van der Waals surface area contributed by atoms with Gasteiger partial charge in [-0.2, -0.15) is 0 Å². The number of para-hydroxylation sites is 4. The molecule has 0 N–H and O–H groups in total. The number of rotatable bonds is 7. The van der Waals surface area contributed by atoms with Crippen molar-refractivity contribution in [2.45, 2.75) is 0 Å². The number of benzene rings is 8. The number of anilines is 3. The third kappa shape index (κ3) is 5.67. The average molecular weight is 692 g/mol. The molecule has 4 heteroatoms. The molecule has 4 nitrogen and oxygen atoms in total. The average Bonchev–Trinajstić information content (AvgIpc) is 3.63. The number of fused-ring (bicyclic) bond motifs is 4. The first kappa shape index (κ1) is 31.4. The zero-order chi connectivity index (χ0) is 35.8. The van der Waals surface area contributed by atoms with Crippen LogP contribution in [0, 0.1) is 0 Å². The topological polar surface area (TPSA) is 42.2 Å². The van der Waals surface area contributed by atoms with Crippen LogP contribution >= 0.6 is 0 Å². The predicted molar refractivity (Wildman–Crippen MR) is 223 cm³/mol. The van der Waals surface area contributed by atoms with E-state index in [9.17, 15) is 0 Å². The van der Waals surface area contributed by atoms with Crippen molar-refractivity contribution in [3.05, 3.63) is 200 Å². The van der Waals surface area contributed by atoms with E-state index in [1.165, 1.54) is 11.1 Å². The summed E-state index contributed by atoms with van der Waals surface area (Å²) in [7, 11) is 0. The highest BCUT2D eigenvalue weighted by Gasteiger charge is 2.20. The summed E-state index contributed by atoms with van der Waals surface area (Å²) in [6, 6.07) is 69.6. The zero-order valence-electron chi connectivity index (χ0n) is 29.3. The van der Waals surface area contributed by atoms with Gasteiger partial charge in [0.15, 0.2) is 5.82 Å².